The van der Waals surface area contributed by atoms with Gasteiger partial charge >= 0.3 is 0 Å². The molecule has 0 atom stereocenters. The average Bonchev–Trinajstić information content (AvgIpc) is 2.62. The molecule has 3 heteroatoms. The molecule has 0 aliphatic carbocycles. The highest BCUT2D eigenvalue weighted by molar-refractivity contribution is 5.48. The van der Waals surface area contributed by atoms with E-state index in [0.29, 0.717) is 0 Å². The normalized spacial score (nSPS) is 14.3. The Bertz CT molecular complexity index is 390. The van der Waals surface area contributed by atoms with E-state index in [0.717, 1.165) is 63.4 Å². The zero-order chi connectivity index (χ0) is 12.8. The third-order valence-electron chi connectivity index (χ3n) is 3.35. The Balaban J connectivity index is 2.19. The van der Waals surface area contributed by atoms with Crippen LogP contribution in [0.25, 0.3) is 0 Å². The van der Waals surface area contributed by atoms with Gasteiger partial charge in [0.2, 0.25) is 0 Å². The predicted molar refractivity (Wildman–Crippen MR) is 73.4 cm³/mol. The zero-order valence-electron chi connectivity index (χ0n) is 11.2. The van der Waals surface area contributed by atoms with Crippen LogP contribution in [0.4, 0.5) is 0 Å². The van der Waals surface area contributed by atoms with Crippen molar-refractivity contribution in [2.45, 2.75) is 39.0 Å². The molecule has 1 heterocycles. The van der Waals surface area contributed by atoms with Gasteiger partial charge in [-0.2, -0.15) is 0 Å². The number of fused-ring (bicyclic) bond motifs is 1. The van der Waals surface area contributed by atoms with Crippen LogP contribution in [0.5, 0.6) is 11.5 Å². The lowest BCUT2D eigenvalue weighted by Gasteiger charge is -2.13. The van der Waals surface area contributed by atoms with Crippen molar-refractivity contribution in [1.29, 1.82) is 0 Å². The fourth-order valence-corrected chi connectivity index (χ4v) is 2.31. The van der Waals surface area contributed by atoms with Crippen molar-refractivity contribution >= 4 is 0 Å². The van der Waals surface area contributed by atoms with Crippen molar-refractivity contribution < 1.29 is 9.47 Å². The standard InChI is InChI=1S/C15H23NO2/c1-2-12-10-14-15(18-9-5-8-17-14)11-13(12)6-3-4-7-16/h10-11H,2-9,16H2,1H3. The molecular formula is C15H23NO2. The van der Waals surface area contributed by atoms with E-state index in [1.54, 1.807) is 0 Å². The molecule has 1 aromatic rings. The molecule has 1 aliphatic rings. The number of nitrogens with two attached hydrogens (primary N) is 1. The van der Waals surface area contributed by atoms with E-state index < -0.39 is 0 Å². The van der Waals surface area contributed by atoms with Crippen LogP contribution in [0.3, 0.4) is 0 Å². The van der Waals surface area contributed by atoms with Gasteiger partial charge in [-0.15, -0.1) is 0 Å². The van der Waals surface area contributed by atoms with Gasteiger partial charge in [0.25, 0.3) is 0 Å². The summed E-state index contributed by atoms with van der Waals surface area (Å²) in [5.74, 6) is 1.82. The summed E-state index contributed by atoms with van der Waals surface area (Å²) in [6.07, 6.45) is 5.30. The van der Waals surface area contributed by atoms with Crippen molar-refractivity contribution in [3.05, 3.63) is 23.3 Å². The molecule has 0 spiro atoms. The van der Waals surface area contributed by atoms with E-state index in [2.05, 4.69) is 19.1 Å². The van der Waals surface area contributed by atoms with E-state index in [1.165, 1.54) is 11.1 Å². The fourth-order valence-electron chi connectivity index (χ4n) is 2.31. The van der Waals surface area contributed by atoms with Gasteiger partial charge in [-0.25, -0.2) is 0 Å². The smallest absolute Gasteiger partial charge is 0.161 e. The van der Waals surface area contributed by atoms with Crippen LogP contribution in [-0.2, 0) is 12.8 Å². The molecule has 0 radical (unpaired) electrons. The lowest BCUT2D eigenvalue weighted by molar-refractivity contribution is 0.297. The molecule has 18 heavy (non-hydrogen) atoms. The Morgan fingerprint density at radius 3 is 2.33 bits per heavy atom. The van der Waals surface area contributed by atoms with Crippen LogP contribution >= 0.6 is 0 Å². The number of aryl methyl sites for hydroxylation is 2. The summed E-state index contributed by atoms with van der Waals surface area (Å²) in [4.78, 5) is 0. The van der Waals surface area contributed by atoms with Crippen LogP contribution < -0.4 is 15.2 Å². The van der Waals surface area contributed by atoms with Crippen molar-refractivity contribution in [2.24, 2.45) is 5.73 Å². The summed E-state index contributed by atoms with van der Waals surface area (Å²) in [6.45, 7) is 4.46. The molecule has 0 saturated carbocycles. The molecule has 3 nitrogen and oxygen atoms in total. The van der Waals surface area contributed by atoms with Gasteiger partial charge in [-0.3, -0.25) is 0 Å². The van der Waals surface area contributed by atoms with Crippen LogP contribution in [-0.4, -0.2) is 19.8 Å². The maximum absolute atomic E-state index is 5.75. The van der Waals surface area contributed by atoms with Gasteiger partial charge in [0.05, 0.1) is 13.2 Å². The molecule has 0 bridgehead atoms. The highest BCUT2D eigenvalue weighted by atomic mass is 16.5. The molecular weight excluding hydrogens is 226 g/mol. The van der Waals surface area contributed by atoms with E-state index in [4.69, 9.17) is 15.2 Å². The summed E-state index contributed by atoms with van der Waals surface area (Å²) in [6, 6.07) is 4.31. The number of ether oxygens (including phenoxy) is 2. The van der Waals surface area contributed by atoms with Crippen molar-refractivity contribution in [1.82, 2.24) is 0 Å². The molecule has 0 aromatic heterocycles. The van der Waals surface area contributed by atoms with Crippen LogP contribution in [0, 0.1) is 0 Å². The number of benzene rings is 1. The van der Waals surface area contributed by atoms with Gasteiger partial charge in [0.1, 0.15) is 0 Å². The lowest BCUT2D eigenvalue weighted by Crippen LogP contribution is -2.01. The van der Waals surface area contributed by atoms with Gasteiger partial charge in [-0.1, -0.05) is 6.92 Å². The van der Waals surface area contributed by atoms with Crippen molar-refractivity contribution in [3.8, 4) is 11.5 Å². The Hall–Kier alpha value is -1.22. The quantitative estimate of drug-likeness (QED) is 0.816. The zero-order valence-corrected chi connectivity index (χ0v) is 11.2. The van der Waals surface area contributed by atoms with E-state index in [-0.39, 0.29) is 0 Å². The molecule has 1 aromatic carbocycles. The third kappa shape index (κ3) is 3.16. The summed E-state index contributed by atoms with van der Waals surface area (Å²) < 4.78 is 11.5. The van der Waals surface area contributed by atoms with Gasteiger partial charge in [0, 0.05) is 6.42 Å². The average molecular weight is 249 g/mol. The topological polar surface area (TPSA) is 44.5 Å². The second-order valence-electron chi connectivity index (χ2n) is 4.72. The van der Waals surface area contributed by atoms with Crippen LogP contribution in [0.15, 0.2) is 12.1 Å². The second-order valence-corrected chi connectivity index (χ2v) is 4.72. The van der Waals surface area contributed by atoms with Crippen molar-refractivity contribution in [3.63, 3.8) is 0 Å². The Morgan fingerprint density at radius 2 is 1.72 bits per heavy atom. The molecule has 0 unspecified atom stereocenters. The monoisotopic (exact) mass is 249 g/mol. The van der Waals surface area contributed by atoms with E-state index >= 15 is 0 Å². The van der Waals surface area contributed by atoms with Crippen LogP contribution in [0.2, 0.25) is 0 Å². The summed E-state index contributed by atoms with van der Waals surface area (Å²) in [5, 5.41) is 0. The minimum atomic E-state index is 0.751. The highest BCUT2D eigenvalue weighted by Crippen LogP contribution is 2.33. The van der Waals surface area contributed by atoms with Crippen LogP contribution in [0.1, 0.15) is 37.3 Å². The predicted octanol–water partition coefficient (Wildman–Crippen LogP) is 2.69. The Labute approximate surface area is 109 Å². The lowest BCUT2D eigenvalue weighted by atomic mass is 9.99. The first-order valence-corrected chi connectivity index (χ1v) is 6.96. The van der Waals surface area contributed by atoms with Gasteiger partial charge < -0.3 is 15.2 Å². The first-order valence-electron chi connectivity index (χ1n) is 6.96. The minimum absolute atomic E-state index is 0.751. The van der Waals surface area contributed by atoms with Crippen molar-refractivity contribution in [2.75, 3.05) is 19.8 Å². The summed E-state index contributed by atoms with van der Waals surface area (Å²) in [5.41, 5.74) is 8.31. The first-order chi connectivity index (χ1) is 8.85. The Kier molecular flexibility index (Phi) is 4.88. The number of unbranched alkanes of at least 4 members (excludes halogenated alkanes) is 1. The fraction of sp³-hybridized carbons (Fsp3) is 0.600. The minimum Gasteiger partial charge on any atom is -0.490 e. The largest absolute Gasteiger partial charge is 0.490 e. The molecule has 0 saturated heterocycles. The Morgan fingerprint density at radius 1 is 1.06 bits per heavy atom. The molecule has 0 fully saturated rings. The number of hydrogen-bond donors (Lipinski definition) is 1. The second kappa shape index (κ2) is 6.64. The van der Waals surface area contributed by atoms with E-state index in [1.807, 2.05) is 0 Å². The first kappa shape index (κ1) is 13.2. The number of rotatable bonds is 5. The van der Waals surface area contributed by atoms with E-state index in [9.17, 15) is 0 Å². The van der Waals surface area contributed by atoms with Gasteiger partial charge in [-0.05, 0) is 55.5 Å². The molecule has 100 valence electrons. The summed E-state index contributed by atoms with van der Waals surface area (Å²) in [7, 11) is 0. The summed E-state index contributed by atoms with van der Waals surface area (Å²) >= 11 is 0. The highest BCUT2D eigenvalue weighted by Gasteiger charge is 2.13. The SMILES string of the molecule is CCc1cc2c(cc1CCCCN)OCCCO2. The number of hydrogen-bond acceptors (Lipinski definition) is 3. The molecule has 1 aliphatic heterocycles. The maximum atomic E-state index is 5.75. The molecule has 2 rings (SSSR count). The molecule has 2 N–H and O–H groups in total. The third-order valence-corrected chi connectivity index (χ3v) is 3.35. The van der Waals surface area contributed by atoms with Gasteiger partial charge in [0.15, 0.2) is 11.5 Å². The molecule has 0 amide bonds. The maximum Gasteiger partial charge on any atom is 0.161 e.